The van der Waals surface area contributed by atoms with Gasteiger partial charge in [0.25, 0.3) is 5.91 Å². The number of nitrogens with one attached hydrogen (secondary N) is 1. The zero-order valence-corrected chi connectivity index (χ0v) is 15.4. The molecule has 0 radical (unpaired) electrons. The monoisotopic (exact) mass is 391 g/mol. The van der Waals surface area contributed by atoms with Gasteiger partial charge in [0.15, 0.2) is 5.82 Å². The van der Waals surface area contributed by atoms with Gasteiger partial charge in [-0.3, -0.25) is 4.79 Å². The number of anilines is 1. The second-order valence-electron chi connectivity index (χ2n) is 6.80. The molecule has 0 aromatic heterocycles. The molecule has 0 unspecified atom stereocenters. The number of carbonyl (C=O) groups is 1. The molecule has 1 saturated heterocycles. The first-order valence-electron chi connectivity index (χ1n) is 8.42. The number of rotatable bonds is 2. The number of nitrogens with zero attached hydrogens (tertiary/aromatic N) is 2. The maximum Gasteiger partial charge on any atom is 0.326 e. The molecule has 2 heterocycles. The van der Waals surface area contributed by atoms with E-state index in [0.717, 1.165) is 25.1 Å². The Balaban J connectivity index is 1.81. The molecule has 1 fully saturated rings. The highest BCUT2D eigenvalue weighted by Gasteiger charge is 2.38. The Hall–Kier alpha value is -2.65. The Kier molecular flexibility index (Phi) is 4.08. The first kappa shape index (κ1) is 17.7. The van der Waals surface area contributed by atoms with Crippen LogP contribution in [0.5, 0.6) is 5.75 Å². The highest BCUT2D eigenvalue weighted by atomic mass is 32.2. The van der Waals surface area contributed by atoms with E-state index in [1.54, 1.807) is 10.8 Å². The first-order valence-corrected chi connectivity index (χ1v) is 9.86. The van der Waals surface area contributed by atoms with Crippen LogP contribution < -0.4 is 9.03 Å². The van der Waals surface area contributed by atoms with Crippen LogP contribution in [0.15, 0.2) is 30.3 Å². The number of amides is 1. The lowest BCUT2D eigenvalue weighted by atomic mass is 9.94. The first-order chi connectivity index (χ1) is 12.8. The quantitative estimate of drug-likeness (QED) is 0.807. The average molecular weight is 391 g/mol. The third-order valence-electron chi connectivity index (χ3n) is 4.88. The van der Waals surface area contributed by atoms with E-state index in [1.165, 1.54) is 17.7 Å². The molecule has 0 saturated carbocycles. The van der Waals surface area contributed by atoms with E-state index in [0.29, 0.717) is 9.87 Å². The minimum atomic E-state index is -4.23. The van der Waals surface area contributed by atoms with Gasteiger partial charge in [0, 0.05) is 18.7 Å². The summed E-state index contributed by atoms with van der Waals surface area (Å²) >= 11 is 0. The highest BCUT2D eigenvalue weighted by molar-refractivity contribution is 7.92. The molecule has 2 aliphatic rings. The van der Waals surface area contributed by atoms with Crippen molar-refractivity contribution in [1.29, 1.82) is 0 Å². The zero-order valence-electron chi connectivity index (χ0n) is 14.6. The number of hydrogen-bond acceptors (Lipinski definition) is 5. The number of phenols is 1. The number of likely N-dealkylation sites (N-methyl/N-ethyl adjacent to an activating group) is 1. The minimum absolute atomic E-state index is 0.166. The number of phenolic OH excluding ortho intramolecular Hbond substituents is 1. The SMILES string of the molecule is CN1CCc2cc(-c3ccc(O)c(N4CC(=O)NS4(=O)=O)c3F)ccc2C1. The van der Waals surface area contributed by atoms with Crippen molar-refractivity contribution in [2.24, 2.45) is 0 Å². The van der Waals surface area contributed by atoms with E-state index >= 15 is 4.39 Å². The Morgan fingerprint density at radius 1 is 1.15 bits per heavy atom. The van der Waals surface area contributed by atoms with Crippen LogP contribution in [-0.2, 0) is 28.0 Å². The van der Waals surface area contributed by atoms with Crippen LogP contribution in [0.1, 0.15) is 11.1 Å². The third kappa shape index (κ3) is 3.02. The molecule has 7 nitrogen and oxygen atoms in total. The fourth-order valence-corrected chi connectivity index (χ4v) is 4.69. The van der Waals surface area contributed by atoms with Crippen LogP contribution >= 0.6 is 0 Å². The molecule has 2 aliphatic heterocycles. The summed E-state index contributed by atoms with van der Waals surface area (Å²) in [6, 6.07) is 8.24. The van der Waals surface area contributed by atoms with Crippen molar-refractivity contribution < 1.29 is 22.7 Å². The summed E-state index contributed by atoms with van der Waals surface area (Å²) in [5, 5.41) is 10.1. The van der Waals surface area contributed by atoms with Crippen LogP contribution in [0, 0.1) is 5.82 Å². The van der Waals surface area contributed by atoms with Gasteiger partial charge >= 0.3 is 10.2 Å². The summed E-state index contributed by atoms with van der Waals surface area (Å²) in [6.45, 7) is 1.14. The van der Waals surface area contributed by atoms with Crippen molar-refractivity contribution >= 4 is 21.8 Å². The standard InChI is InChI=1S/C18H18FN3O4S/c1-21-7-6-11-8-12(2-3-13(11)9-21)14-4-5-15(23)18(17(14)19)22-10-16(24)20-27(22,25)26/h2-5,8,23H,6-7,9-10H2,1H3,(H,20,24). The second kappa shape index (κ2) is 6.21. The predicted molar refractivity (Wildman–Crippen MR) is 97.9 cm³/mol. The van der Waals surface area contributed by atoms with E-state index in [4.69, 9.17) is 0 Å². The summed E-state index contributed by atoms with van der Waals surface area (Å²) in [7, 11) is -2.19. The van der Waals surface area contributed by atoms with Gasteiger partial charge in [-0.1, -0.05) is 18.2 Å². The number of fused-ring (bicyclic) bond motifs is 1. The van der Waals surface area contributed by atoms with Crippen LogP contribution in [-0.4, -0.2) is 44.5 Å². The number of benzene rings is 2. The molecule has 9 heteroatoms. The average Bonchev–Trinajstić information content (AvgIpc) is 2.87. The molecule has 2 aromatic carbocycles. The molecule has 0 spiro atoms. The van der Waals surface area contributed by atoms with Crippen LogP contribution in [0.3, 0.4) is 0 Å². The molecule has 0 atom stereocenters. The van der Waals surface area contributed by atoms with Gasteiger partial charge in [0.1, 0.15) is 18.0 Å². The number of halogens is 1. The topological polar surface area (TPSA) is 89.9 Å². The molecule has 0 aliphatic carbocycles. The van der Waals surface area contributed by atoms with Crippen molar-refractivity contribution in [3.8, 4) is 16.9 Å². The fraction of sp³-hybridized carbons (Fsp3) is 0.278. The Bertz CT molecular complexity index is 1050. The molecule has 27 heavy (non-hydrogen) atoms. The van der Waals surface area contributed by atoms with Gasteiger partial charge in [-0.15, -0.1) is 0 Å². The molecular formula is C18H18FN3O4S. The maximum absolute atomic E-state index is 15.2. The second-order valence-corrected chi connectivity index (χ2v) is 8.40. The van der Waals surface area contributed by atoms with E-state index in [-0.39, 0.29) is 5.56 Å². The van der Waals surface area contributed by atoms with Crippen molar-refractivity contribution in [2.45, 2.75) is 13.0 Å². The fourth-order valence-electron chi connectivity index (χ4n) is 3.52. The van der Waals surface area contributed by atoms with Crippen LogP contribution in [0.2, 0.25) is 0 Å². The van der Waals surface area contributed by atoms with Crippen molar-refractivity contribution in [3.63, 3.8) is 0 Å². The van der Waals surface area contributed by atoms with E-state index in [2.05, 4.69) is 4.90 Å². The maximum atomic E-state index is 15.2. The molecular weight excluding hydrogens is 373 g/mol. The number of hydrogen-bond donors (Lipinski definition) is 2. The molecule has 1 amide bonds. The summed E-state index contributed by atoms with van der Waals surface area (Å²) < 4.78 is 41.7. The van der Waals surface area contributed by atoms with Gasteiger partial charge in [-0.2, -0.15) is 8.42 Å². The van der Waals surface area contributed by atoms with E-state index in [9.17, 15) is 18.3 Å². The van der Waals surface area contributed by atoms with Gasteiger partial charge in [0.05, 0.1) is 0 Å². The van der Waals surface area contributed by atoms with Crippen molar-refractivity contribution in [1.82, 2.24) is 9.62 Å². The van der Waals surface area contributed by atoms with Gasteiger partial charge in [-0.05, 0) is 42.3 Å². The van der Waals surface area contributed by atoms with Crippen LogP contribution in [0.25, 0.3) is 11.1 Å². The third-order valence-corrected chi connectivity index (χ3v) is 6.26. The zero-order chi connectivity index (χ0) is 19.3. The lowest BCUT2D eigenvalue weighted by Crippen LogP contribution is -2.30. The van der Waals surface area contributed by atoms with Crippen molar-refractivity contribution in [2.75, 3.05) is 24.4 Å². The van der Waals surface area contributed by atoms with Crippen LogP contribution in [0.4, 0.5) is 10.1 Å². The Morgan fingerprint density at radius 2 is 1.93 bits per heavy atom. The van der Waals surface area contributed by atoms with Gasteiger partial charge < -0.3 is 10.0 Å². The molecule has 2 N–H and O–H groups in total. The largest absolute Gasteiger partial charge is 0.506 e. The summed E-state index contributed by atoms with van der Waals surface area (Å²) in [5.41, 5.74) is 2.52. The number of carbonyl (C=O) groups excluding carboxylic acids is 1. The van der Waals surface area contributed by atoms with E-state index < -0.39 is 39.9 Å². The van der Waals surface area contributed by atoms with Gasteiger partial charge in [-0.25, -0.2) is 13.4 Å². The Morgan fingerprint density at radius 3 is 2.63 bits per heavy atom. The summed E-state index contributed by atoms with van der Waals surface area (Å²) in [4.78, 5) is 13.7. The molecule has 0 bridgehead atoms. The lowest BCUT2D eigenvalue weighted by Gasteiger charge is -2.25. The minimum Gasteiger partial charge on any atom is -0.506 e. The lowest BCUT2D eigenvalue weighted by molar-refractivity contribution is -0.117. The normalized spacial score (nSPS) is 19.0. The van der Waals surface area contributed by atoms with E-state index in [1.807, 2.05) is 19.2 Å². The summed E-state index contributed by atoms with van der Waals surface area (Å²) in [5.74, 6) is -2.21. The molecule has 142 valence electrons. The van der Waals surface area contributed by atoms with Crippen molar-refractivity contribution in [3.05, 3.63) is 47.3 Å². The highest BCUT2D eigenvalue weighted by Crippen LogP contribution is 2.39. The summed E-state index contributed by atoms with van der Waals surface area (Å²) in [6.07, 6.45) is 0.838. The smallest absolute Gasteiger partial charge is 0.326 e. The molecule has 4 rings (SSSR count). The number of aromatic hydroxyl groups is 1. The molecule has 2 aromatic rings. The Labute approximate surface area is 156 Å². The van der Waals surface area contributed by atoms with Gasteiger partial charge in [0.2, 0.25) is 0 Å². The predicted octanol–water partition coefficient (Wildman–Crippen LogP) is 1.37.